The van der Waals surface area contributed by atoms with Gasteiger partial charge in [-0.25, -0.2) is 4.98 Å². The molecule has 0 radical (unpaired) electrons. The molecule has 2 N–H and O–H groups in total. The van der Waals surface area contributed by atoms with E-state index < -0.39 is 0 Å². The molecule has 0 saturated carbocycles. The van der Waals surface area contributed by atoms with Crippen LogP contribution in [0.15, 0.2) is 47.3 Å². The standard InChI is InChI=1S/C26H32N6O2.2ClH/c1-4-22-27-19(2)24-26(33)31(21-10-11-23(34-3)28-25(21)32(22)24)17-16-29-12-14-30(15-13-29)18-20-8-6-5-7-9-20;;/h5-11H,4,12-18H2,1-3H3;2*1H. The summed E-state index contributed by atoms with van der Waals surface area (Å²) in [6.45, 7) is 11.2. The second-order valence-electron chi connectivity index (χ2n) is 9.22. The third kappa shape index (κ3) is 5.37. The Kier molecular flexibility index (Phi) is 9.35. The first-order valence-electron chi connectivity index (χ1n) is 12.3. The van der Waals surface area contributed by atoms with Crippen molar-refractivity contribution in [1.29, 1.82) is 0 Å². The number of rotatable bonds is 7. The third-order valence-corrected chi connectivity index (χ3v) is 7.08. The second-order valence-corrected chi connectivity index (χ2v) is 9.22. The Morgan fingerprint density at radius 3 is 2.33 bits per heavy atom. The quantitative estimate of drug-likeness (QED) is 0.248. The van der Waals surface area contributed by atoms with E-state index in [4.69, 9.17) is 9.72 Å². The predicted octanol–water partition coefficient (Wildman–Crippen LogP) is -6.08. The number of imidazole rings is 1. The number of ether oxygens (including phenoxy) is 1. The fraction of sp³-hybridized carbons (Fsp3) is 0.423. The van der Waals surface area contributed by atoms with Crippen molar-refractivity contribution in [3.05, 3.63) is 69.9 Å². The second kappa shape index (κ2) is 12.1. The predicted molar refractivity (Wildman–Crippen MR) is 132 cm³/mol. The van der Waals surface area contributed by atoms with Crippen LogP contribution in [0.2, 0.25) is 0 Å². The molecule has 1 fully saturated rings. The average molecular weight is 534 g/mol. The normalized spacial score (nSPS) is 17.5. The third-order valence-electron chi connectivity index (χ3n) is 7.08. The van der Waals surface area contributed by atoms with Crippen LogP contribution in [-0.4, -0.2) is 58.8 Å². The molecule has 4 heterocycles. The minimum absolute atomic E-state index is 0. The molecule has 5 rings (SSSR count). The summed E-state index contributed by atoms with van der Waals surface area (Å²) in [4.78, 5) is 26.2. The maximum absolute atomic E-state index is 13.6. The molecule has 1 saturated heterocycles. The van der Waals surface area contributed by atoms with Crippen LogP contribution >= 0.6 is 0 Å². The maximum atomic E-state index is 13.6. The Hall–Kier alpha value is -2.65. The molecule has 1 aliphatic heterocycles. The Labute approximate surface area is 223 Å². The van der Waals surface area contributed by atoms with Gasteiger partial charge in [0.2, 0.25) is 5.88 Å². The van der Waals surface area contributed by atoms with E-state index >= 15 is 0 Å². The summed E-state index contributed by atoms with van der Waals surface area (Å²) in [5.41, 5.74) is 4.36. The summed E-state index contributed by atoms with van der Waals surface area (Å²) in [6.07, 6.45) is 0.728. The summed E-state index contributed by atoms with van der Waals surface area (Å²) in [5.74, 6) is 1.39. The van der Waals surface area contributed by atoms with Gasteiger partial charge in [-0.1, -0.05) is 37.3 Å². The number of piperazine rings is 1. The number of aryl methyl sites for hydroxylation is 2. The molecule has 0 spiro atoms. The Balaban J connectivity index is 0.00000180. The van der Waals surface area contributed by atoms with Gasteiger partial charge in [-0.15, -0.1) is 0 Å². The lowest BCUT2D eigenvalue weighted by atomic mass is 10.2. The fourth-order valence-electron chi connectivity index (χ4n) is 5.21. The van der Waals surface area contributed by atoms with E-state index in [1.165, 1.54) is 5.56 Å². The smallest absolute Gasteiger partial charge is 0.277 e. The van der Waals surface area contributed by atoms with Crippen LogP contribution in [0.3, 0.4) is 0 Å². The molecule has 3 aromatic heterocycles. The van der Waals surface area contributed by atoms with Gasteiger partial charge in [0.25, 0.3) is 5.56 Å². The lowest BCUT2D eigenvalue weighted by molar-refractivity contribution is -1.02. The van der Waals surface area contributed by atoms with Gasteiger partial charge < -0.3 is 39.4 Å². The van der Waals surface area contributed by atoms with Gasteiger partial charge in [0.05, 0.1) is 31.4 Å². The number of hydrogen-bond acceptors (Lipinski definition) is 4. The topological polar surface area (TPSA) is 70.3 Å². The Bertz CT molecular complexity index is 1360. The van der Waals surface area contributed by atoms with Crippen molar-refractivity contribution in [3.63, 3.8) is 0 Å². The average Bonchev–Trinajstić information content (AvgIpc) is 3.22. The number of nitrogens with zero attached hydrogens (tertiary/aromatic N) is 4. The van der Waals surface area contributed by atoms with Crippen LogP contribution in [0.5, 0.6) is 5.88 Å². The van der Waals surface area contributed by atoms with Crippen molar-refractivity contribution in [1.82, 2.24) is 18.9 Å². The first-order valence-corrected chi connectivity index (χ1v) is 12.3. The SMILES string of the molecule is CCc1nc(C)c2c(=O)n(CC[NH+]3CC[NH+](Cc4ccccc4)CC3)c3ccc(OC)nc3n12.[Cl-].[Cl-]. The van der Waals surface area contributed by atoms with E-state index in [0.29, 0.717) is 17.9 Å². The summed E-state index contributed by atoms with van der Waals surface area (Å²) < 4.78 is 9.20. The zero-order valence-corrected chi connectivity index (χ0v) is 22.6. The van der Waals surface area contributed by atoms with Crippen LogP contribution in [0.1, 0.15) is 24.0 Å². The summed E-state index contributed by atoms with van der Waals surface area (Å²) in [6, 6.07) is 14.5. The van der Waals surface area contributed by atoms with Crippen LogP contribution in [0.25, 0.3) is 16.7 Å². The number of halogens is 2. The lowest BCUT2D eigenvalue weighted by Crippen LogP contribution is -3.27. The maximum Gasteiger partial charge on any atom is 0.277 e. The molecule has 8 nitrogen and oxygen atoms in total. The van der Waals surface area contributed by atoms with E-state index in [0.717, 1.165) is 68.4 Å². The highest BCUT2D eigenvalue weighted by Gasteiger charge is 2.24. The van der Waals surface area contributed by atoms with Crippen LogP contribution in [-0.2, 0) is 19.5 Å². The molecule has 1 aliphatic rings. The molecule has 36 heavy (non-hydrogen) atoms. The number of pyridine rings is 1. The van der Waals surface area contributed by atoms with Gasteiger partial charge in [0, 0.05) is 18.1 Å². The number of quaternary nitrogens is 2. The zero-order chi connectivity index (χ0) is 23.7. The van der Waals surface area contributed by atoms with E-state index in [-0.39, 0.29) is 30.4 Å². The fourth-order valence-corrected chi connectivity index (χ4v) is 5.21. The number of methoxy groups -OCH3 is 1. The molecule has 10 heteroatoms. The molecule has 0 unspecified atom stereocenters. The summed E-state index contributed by atoms with van der Waals surface area (Å²) >= 11 is 0. The Morgan fingerprint density at radius 1 is 0.972 bits per heavy atom. The number of aromatic nitrogens is 4. The van der Waals surface area contributed by atoms with Crippen molar-refractivity contribution in [2.75, 3.05) is 39.8 Å². The molecule has 0 bridgehead atoms. The number of fused-ring (bicyclic) bond motifs is 3. The number of benzene rings is 1. The van der Waals surface area contributed by atoms with Gasteiger partial charge >= 0.3 is 0 Å². The summed E-state index contributed by atoms with van der Waals surface area (Å²) in [5, 5.41) is 0. The highest BCUT2D eigenvalue weighted by Crippen LogP contribution is 2.20. The largest absolute Gasteiger partial charge is 1.00 e. The first-order chi connectivity index (χ1) is 16.6. The van der Waals surface area contributed by atoms with Crippen molar-refractivity contribution in [3.8, 4) is 5.88 Å². The molecule has 0 amide bonds. The van der Waals surface area contributed by atoms with Crippen molar-refractivity contribution >= 4 is 16.7 Å². The van der Waals surface area contributed by atoms with Crippen molar-refractivity contribution < 1.29 is 39.4 Å². The van der Waals surface area contributed by atoms with E-state index in [9.17, 15) is 4.79 Å². The highest BCUT2D eigenvalue weighted by molar-refractivity contribution is 5.77. The van der Waals surface area contributed by atoms with E-state index in [1.54, 1.807) is 16.9 Å². The van der Waals surface area contributed by atoms with Crippen molar-refractivity contribution in [2.45, 2.75) is 33.4 Å². The van der Waals surface area contributed by atoms with Crippen LogP contribution in [0.4, 0.5) is 0 Å². The highest BCUT2D eigenvalue weighted by atomic mass is 35.5. The van der Waals surface area contributed by atoms with E-state index in [2.05, 4.69) is 42.2 Å². The van der Waals surface area contributed by atoms with Gasteiger partial charge in [0.1, 0.15) is 44.1 Å². The van der Waals surface area contributed by atoms with Crippen LogP contribution < -0.4 is 44.9 Å². The van der Waals surface area contributed by atoms with Gasteiger partial charge in [-0.2, -0.15) is 4.98 Å². The summed E-state index contributed by atoms with van der Waals surface area (Å²) in [7, 11) is 1.62. The monoisotopic (exact) mass is 532 g/mol. The molecule has 0 aliphatic carbocycles. The molecular weight excluding hydrogens is 499 g/mol. The Morgan fingerprint density at radius 2 is 1.67 bits per heavy atom. The lowest BCUT2D eigenvalue weighted by Gasteiger charge is -2.30. The molecule has 194 valence electrons. The van der Waals surface area contributed by atoms with Gasteiger partial charge in [0.15, 0.2) is 5.65 Å². The molecular formula is C26H34Cl2N6O2. The molecule has 1 aromatic carbocycles. The molecule has 4 aromatic rings. The van der Waals surface area contributed by atoms with Gasteiger partial charge in [-0.05, 0) is 13.0 Å². The minimum Gasteiger partial charge on any atom is -1.00 e. The zero-order valence-electron chi connectivity index (χ0n) is 21.1. The van der Waals surface area contributed by atoms with Crippen LogP contribution in [0, 0.1) is 6.92 Å². The van der Waals surface area contributed by atoms with Crippen molar-refractivity contribution in [2.24, 2.45) is 0 Å². The van der Waals surface area contributed by atoms with Gasteiger partial charge in [-0.3, -0.25) is 13.8 Å². The minimum atomic E-state index is 0. The number of hydrogen-bond donors (Lipinski definition) is 2. The first kappa shape index (κ1) is 27.9. The van der Waals surface area contributed by atoms with E-state index in [1.807, 2.05) is 28.0 Å². The molecule has 0 atom stereocenters. The number of nitrogens with one attached hydrogen (secondary N) is 2.